The number of rotatable bonds is 14. The Morgan fingerprint density at radius 1 is 1.15 bits per heavy atom. The van der Waals surface area contributed by atoms with Crippen molar-refractivity contribution in [1.82, 2.24) is 15.5 Å². The van der Waals surface area contributed by atoms with Gasteiger partial charge in [-0.15, -0.1) is 0 Å². The quantitative estimate of drug-likeness (QED) is 0.225. The van der Waals surface area contributed by atoms with Crippen LogP contribution in [0, 0.1) is 5.92 Å². The predicted molar refractivity (Wildman–Crippen MR) is 124 cm³/mol. The lowest BCUT2D eigenvalue weighted by Crippen LogP contribution is -2.57. The van der Waals surface area contributed by atoms with Crippen LogP contribution in [0.25, 0.3) is 0 Å². The molecule has 188 valence electrons. The van der Waals surface area contributed by atoms with Crippen LogP contribution in [0.15, 0.2) is 0 Å². The van der Waals surface area contributed by atoms with Crippen LogP contribution < -0.4 is 16.4 Å². The van der Waals surface area contributed by atoms with Crippen LogP contribution in [-0.2, 0) is 24.0 Å². The minimum atomic E-state index is -1.13. The van der Waals surface area contributed by atoms with Crippen molar-refractivity contribution in [2.24, 2.45) is 11.7 Å². The zero-order valence-corrected chi connectivity index (χ0v) is 20.2. The van der Waals surface area contributed by atoms with Crippen molar-refractivity contribution in [3.8, 4) is 0 Å². The highest BCUT2D eigenvalue weighted by molar-refractivity contribution is 7.98. The van der Waals surface area contributed by atoms with Crippen LogP contribution in [0.3, 0.4) is 0 Å². The fourth-order valence-corrected chi connectivity index (χ4v) is 4.09. The van der Waals surface area contributed by atoms with Crippen LogP contribution >= 0.6 is 11.8 Å². The summed E-state index contributed by atoms with van der Waals surface area (Å²) < 4.78 is 0. The molecule has 3 amide bonds. The molecule has 1 fully saturated rings. The molecule has 12 heteroatoms. The van der Waals surface area contributed by atoms with Gasteiger partial charge in [-0.3, -0.25) is 19.2 Å². The van der Waals surface area contributed by atoms with Gasteiger partial charge in [-0.2, -0.15) is 11.8 Å². The Bertz CT molecular complexity index is 721. The summed E-state index contributed by atoms with van der Waals surface area (Å²) in [7, 11) is 0. The van der Waals surface area contributed by atoms with E-state index in [-0.39, 0.29) is 18.8 Å². The summed E-state index contributed by atoms with van der Waals surface area (Å²) in [5.74, 6) is -3.50. The summed E-state index contributed by atoms with van der Waals surface area (Å²) in [6.07, 6.45) is 3.37. The molecule has 33 heavy (non-hydrogen) atoms. The maximum Gasteiger partial charge on any atom is 0.326 e. The molecule has 0 aromatic carbocycles. The Morgan fingerprint density at radius 2 is 1.82 bits per heavy atom. The third-order valence-corrected chi connectivity index (χ3v) is 6.49. The first kappa shape index (κ1) is 28.7. The van der Waals surface area contributed by atoms with Crippen LogP contribution in [0.1, 0.15) is 52.4 Å². The number of nitrogens with zero attached hydrogens (tertiary/aromatic N) is 1. The third-order valence-electron chi connectivity index (χ3n) is 5.85. The number of amides is 3. The molecule has 1 aliphatic heterocycles. The average molecular weight is 489 g/mol. The summed E-state index contributed by atoms with van der Waals surface area (Å²) in [5, 5.41) is 23.4. The number of hydrogen-bond donors (Lipinski definition) is 5. The van der Waals surface area contributed by atoms with Crippen molar-refractivity contribution in [1.29, 1.82) is 0 Å². The molecule has 0 aromatic heterocycles. The van der Waals surface area contributed by atoms with Crippen molar-refractivity contribution in [3.05, 3.63) is 0 Å². The molecule has 0 bridgehead atoms. The summed E-state index contributed by atoms with van der Waals surface area (Å²) in [6.45, 7) is 3.88. The van der Waals surface area contributed by atoms with E-state index in [2.05, 4.69) is 10.6 Å². The van der Waals surface area contributed by atoms with Gasteiger partial charge in [0.15, 0.2) is 0 Å². The zero-order valence-electron chi connectivity index (χ0n) is 19.4. The van der Waals surface area contributed by atoms with Gasteiger partial charge < -0.3 is 31.5 Å². The number of likely N-dealkylation sites (tertiary alicyclic amines) is 1. The number of carboxylic acid groups (broad SMARTS) is 2. The summed E-state index contributed by atoms with van der Waals surface area (Å²) >= 11 is 1.49. The van der Waals surface area contributed by atoms with E-state index < -0.39 is 53.8 Å². The van der Waals surface area contributed by atoms with E-state index in [0.717, 1.165) is 0 Å². The number of carbonyl (C=O) groups is 5. The predicted octanol–water partition coefficient (Wildman–Crippen LogP) is 0.0229. The molecule has 5 unspecified atom stereocenters. The fourth-order valence-electron chi connectivity index (χ4n) is 3.62. The van der Waals surface area contributed by atoms with Crippen LogP contribution in [0.5, 0.6) is 0 Å². The lowest BCUT2D eigenvalue weighted by molar-refractivity contribution is -0.146. The third kappa shape index (κ3) is 8.84. The highest BCUT2D eigenvalue weighted by atomic mass is 32.2. The molecule has 1 saturated heterocycles. The highest BCUT2D eigenvalue weighted by Gasteiger charge is 2.39. The molecule has 1 rings (SSSR count). The van der Waals surface area contributed by atoms with Crippen molar-refractivity contribution in [2.45, 2.75) is 76.5 Å². The summed E-state index contributed by atoms with van der Waals surface area (Å²) in [4.78, 5) is 62.3. The molecular weight excluding hydrogens is 452 g/mol. The van der Waals surface area contributed by atoms with Crippen LogP contribution in [-0.4, -0.2) is 87.5 Å². The van der Waals surface area contributed by atoms with Crippen LogP contribution in [0.4, 0.5) is 0 Å². The van der Waals surface area contributed by atoms with Gasteiger partial charge in [0, 0.05) is 13.0 Å². The van der Waals surface area contributed by atoms with Crippen LogP contribution in [0.2, 0.25) is 0 Å². The molecule has 5 atom stereocenters. The number of carboxylic acids is 2. The maximum atomic E-state index is 13.3. The monoisotopic (exact) mass is 488 g/mol. The first-order valence-corrected chi connectivity index (χ1v) is 12.5. The van der Waals surface area contributed by atoms with Gasteiger partial charge >= 0.3 is 11.9 Å². The Labute approximate surface area is 198 Å². The smallest absolute Gasteiger partial charge is 0.326 e. The first-order chi connectivity index (χ1) is 15.5. The molecule has 6 N–H and O–H groups in total. The van der Waals surface area contributed by atoms with Gasteiger partial charge in [-0.05, 0) is 43.6 Å². The lowest BCUT2D eigenvalue weighted by Gasteiger charge is -2.30. The lowest BCUT2D eigenvalue weighted by atomic mass is 9.98. The Kier molecular flexibility index (Phi) is 12.2. The number of hydrogen-bond acceptors (Lipinski definition) is 7. The van der Waals surface area contributed by atoms with Gasteiger partial charge in [-0.1, -0.05) is 20.3 Å². The molecule has 0 radical (unpaired) electrons. The molecule has 0 spiro atoms. The Balaban J connectivity index is 2.92. The van der Waals surface area contributed by atoms with E-state index in [9.17, 15) is 29.1 Å². The minimum Gasteiger partial charge on any atom is -0.481 e. The van der Waals surface area contributed by atoms with Crippen molar-refractivity contribution < 1.29 is 34.2 Å². The van der Waals surface area contributed by atoms with Crippen molar-refractivity contribution in [2.75, 3.05) is 18.6 Å². The zero-order chi connectivity index (χ0) is 25.1. The molecule has 11 nitrogen and oxygen atoms in total. The van der Waals surface area contributed by atoms with Gasteiger partial charge in [0.25, 0.3) is 0 Å². The number of carbonyl (C=O) groups excluding carboxylic acids is 3. The highest BCUT2D eigenvalue weighted by Crippen LogP contribution is 2.21. The molecular formula is C21H36N4O7S. The summed E-state index contributed by atoms with van der Waals surface area (Å²) in [5.41, 5.74) is 5.77. The molecule has 0 aliphatic carbocycles. The second-order valence-corrected chi connectivity index (χ2v) is 9.27. The fraction of sp³-hybridized carbons (Fsp3) is 0.762. The standard InChI is InChI=1S/C21H36N4O7S/c1-4-12(2)17(21(31)32)24-19(29)15-6-5-10-25(15)20(30)14(9-11-33-3)23-18(28)13(22)7-8-16(26)27/h12-15,17H,4-11,22H2,1-3H3,(H,23,28)(H,24,29)(H,26,27)(H,31,32). The maximum absolute atomic E-state index is 13.3. The average Bonchev–Trinajstić information content (AvgIpc) is 3.26. The van der Waals surface area contributed by atoms with Gasteiger partial charge in [-0.25, -0.2) is 4.79 Å². The number of nitrogens with two attached hydrogens (primary N) is 1. The van der Waals surface area contributed by atoms with Crippen molar-refractivity contribution in [3.63, 3.8) is 0 Å². The molecule has 0 saturated carbocycles. The second-order valence-electron chi connectivity index (χ2n) is 8.28. The normalized spacial score (nSPS) is 19.3. The van der Waals surface area contributed by atoms with E-state index >= 15 is 0 Å². The van der Waals surface area contributed by atoms with Gasteiger partial charge in [0.2, 0.25) is 17.7 Å². The second kappa shape index (κ2) is 14.0. The number of nitrogens with one attached hydrogen (secondary N) is 2. The van der Waals surface area contributed by atoms with E-state index in [1.165, 1.54) is 16.7 Å². The van der Waals surface area contributed by atoms with E-state index in [1.807, 2.05) is 13.2 Å². The SMILES string of the molecule is CCC(C)C(NC(=O)C1CCCN1C(=O)C(CCSC)NC(=O)C(N)CCC(=O)O)C(=O)O. The number of aliphatic carboxylic acids is 2. The minimum absolute atomic E-state index is 0.0639. The molecule has 1 aliphatic rings. The van der Waals surface area contributed by atoms with Gasteiger partial charge in [0.1, 0.15) is 18.1 Å². The Morgan fingerprint density at radius 3 is 2.36 bits per heavy atom. The Hall–Kier alpha value is -2.34. The van der Waals surface area contributed by atoms with Crippen molar-refractivity contribution >= 4 is 41.4 Å². The number of thioether (sulfide) groups is 1. The first-order valence-electron chi connectivity index (χ1n) is 11.1. The molecule has 1 heterocycles. The van der Waals surface area contributed by atoms with E-state index in [4.69, 9.17) is 10.8 Å². The van der Waals surface area contributed by atoms with E-state index in [0.29, 0.717) is 38.0 Å². The van der Waals surface area contributed by atoms with Gasteiger partial charge in [0.05, 0.1) is 6.04 Å². The van der Waals surface area contributed by atoms with E-state index in [1.54, 1.807) is 6.92 Å². The summed E-state index contributed by atoms with van der Waals surface area (Å²) in [6, 6.07) is -3.87. The molecule has 0 aromatic rings. The largest absolute Gasteiger partial charge is 0.481 e. The topological polar surface area (TPSA) is 179 Å².